The number of hydrogen-bond acceptors (Lipinski definition) is 3. The lowest BCUT2D eigenvalue weighted by atomic mass is 10.0. The number of hydrogen-bond donors (Lipinski definition) is 1. The fraction of sp³-hybridized carbons (Fsp3) is 0.364. The van der Waals surface area contributed by atoms with E-state index >= 15 is 0 Å². The molecular weight excluding hydrogens is 233 g/mol. The first-order chi connectivity index (χ1) is 7.52. The zero-order chi connectivity index (χ0) is 12.1. The zero-order valence-corrected chi connectivity index (χ0v) is 9.63. The van der Waals surface area contributed by atoms with E-state index < -0.39 is 17.8 Å². The molecule has 0 unspecified atom stereocenters. The third kappa shape index (κ3) is 3.79. The van der Waals surface area contributed by atoms with Crippen LogP contribution in [0.3, 0.4) is 0 Å². The van der Waals surface area contributed by atoms with Gasteiger partial charge in [-0.3, -0.25) is 4.79 Å². The van der Waals surface area contributed by atoms with Crippen molar-refractivity contribution in [2.75, 3.05) is 6.61 Å². The fourth-order valence-corrected chi connectivity index (χ4v) is 1.54. The minimum Gasteiger partial charge on any atom is -0.466 e. The monoisotopic (exact) mass is 245 g/mol. The average molecular weight is 246 g/mol. The first kappa shape index (κ1) is 12.9. The van der Waals surface area contributed by atoms with Crippen molar-refractivity contribution in [2.45, 2.75) is 19.4 Å². The molecule has 1 aromatic rings. The lowest BCUT2D eigenvalue weighted by Crippen LogP contribution is -2.17. The number of halogens is 2. The van der Waals surface area contributed by atoms with E-state index in [-0.39, 0.29) is 11.4 Å². The molecule has 1 atom stereocenters. The van der Waals surface area contributed by atoms with Crippen LogP contribution in [-0.2, 0) is 9.53 Å². The van der Waals surface area contributed by atoms with E-state index in [2.05, 4.69) is 0 Å². The Morgan fingerprint density at radius 2 is 2.25 bits per heavy atom. The molecule has 0 aromatic heterocycles. The summed E-state index contributed by atoms with van der Waals surface area (Å²) >= 11 is 5.68. The van der Waals surface area contributed by atoms with Crippen LogP contribution in [0, 0.1) is 5.82 Å². The van der Waals surface area contributed by atoms with Crippen molar-refractivity contribution in [2.24, 2.45) is 5.73 Å². The van der Waals surface area contributed by atoms with Crippen LogP contribution in [-0.4, -0.2) is 12.6 Å². The van der Waals surface area contributed by atoms with Crippen molar-refractivity contribution in [3.8, 4) is 0 Å². The second-order valence-electron chi connectivity index (χ2n) is 3.32. The highest BCUT2D eigenvalue weighted by Crippen LogP contribution is 2.20. The third-order valence-electron chi connectivity index (χ3n) is 2.00. The van der Waals surface area contributed by atoms with Gasteiger partial charge in [-0.25, -0.2) is 4.39 Å². The average Bonchev–Trinajstić information content (AvgIpc) is 2.16. The summed E-state index contributed by atoms with van der Waals surface area (Å²) in [5.41, 5.74) is 6.22. The highest BCUT2D eigenvalue weighted by atomic mass is 35.5. The van der Waals surface area contributed by atoms with E-state index in [1.54, 1.807) is 6.92 Å². The zero-order valence-electron chi connectivity index (χ0n) is 8.87. The summed E-state index contributed by atoms with van der Waals surface area (Å²) in [6.07, 6.45) is 0.00756. The van der Waals surface area contributed by atoms with Crippen molar-refractivity contribution < 1.29 is 13.9 Å². The van der Waals surface area contributed by atoms with Crippen molar-refractivity contribution in [3.63, 3.8) is 0 Å². The summed E-state index contributed by atoms with van der Waals surface area (Å²) < 4.78 is 17.8. The van der Waals surface area contributed by atoms with E-state index in [0.29, 0.717) is 12.2 Å². The Bertz CT molecular complexity index is 364. The Kier molecular flexibility index (Phi) is 4.71. The quantitative estimate of drug-likeness (QED) is 0.829. The number of carbonyl (C=O) groups excluding carboxylic acids is 1. The molecule has 1 aromatic carbocycles. The second kappa shape index (κ2) is 5.82. The molecule has 0 heterocycles. The molecule has 0 saturated carbocycles. The highest BCUT2D eigenvalue weighted by Gasteiger charge is 2.13. The van der Waals surface area contributed by atoms with Crippen LogP contribution in [0.15, 0.2) is 18.2 Å². The lowest BCUT2D eigenvalue weighted by Gasteiger charge is -2.11. The van der Waals surface area contributed by atoms with Gasteiger partial charge in [-0.1, -0.05) is 11.6 Å². The molecule has 0 aliphatic rings. The van der Waals surface area contributed by atoms with Gasteiger partial charge in [0, 0.05) is 11.1 Å². The standard InChI is InChI=1S/C11H13ClFNO2/c1-2-16-11(15)6-10(14)7-3-8(12)5-9(13)4-7/h3-5,10H,2,6,14H2,1H3/t10-/m0/s1. The number of esters is 1. The Hall–Kier alpha value is -1.13. The van der Waals surface area contributed by atoms with Crippen LogP contribution >= 0.6 is 11.6 Å². The van der Waals surface area contributed by atoms with E-state index in [4.69, 9.17) is 22.1 Å². The molecule has 5 heteroatoms. The Morgan fingerprint density at radius 1 is 1.56 bits per heavy atom. The summed E-state index contributed by atoms with van der Waals surface area (Å²) in [6.45, 7) is 2.01. The van der Waals surface area contributed by atoms with Crippen molar-refractivity contribution in [3.05, 3.63) is 34.6 Å². The summed E-state index contributed by atoms with van der Waals surface area (Å²) in [7, 11) is 0. The van der Waals surface area contributed by atoms with E-state index in [1.807, 2.05) is 0 Å². The van der Waals surface area contributed by atoms with Gasteiger partial charge >= 0.3 is 5.97 Å². The molecule has 0 radical (unpaired) electrons. The molecule has 0 aliphatic carbocycles. The van der Waals surface area contributed by atoms with E-state index in [0.717, 1.165) is 0 Å². The molecule has 0 spiro atoms. The lowest BCUT2D eigenvalue weighted by molar-refractivity contribution is -0.143. The number of nitrogens with two attached hydrogens (primary N) is 1. The van der Waals surface area contributed by atoms with Gasteiger partial charge in [0.25, 0.3) is 0 Å². The molecule has 3 nitrogen and oxygen atoms in total. The minimum absolute atomic E-state index is 0.00756. The number of rotatable bonds is 4. The van der Waals surface area contributed by atoms with Crippen molar-refractivity contribution in [1.82, 2.24) is 0 Å². The van der Waals surface area contributed by atoms with E-state index in [9.17, 15) is 9.18 Å². The largest absolute Gasteiger partial charge is 0.466 e. The van der Waals surface area contributed by atoms with Crippen molar-refractivity contribution >= 4 is 17.6 Å². The Labute approximate surface area is 98.3 Å². The summed E-state index contributed by atoms with van der Waals surface area (Å²) in [4.78, 5) is 11.2. The predicted octanol–water partition coefficient (Wildman–Crippen LogP) is 2.43. The van der Waals surface area contributed by atoms with Gasteiger partial charge in [-0.05, 0) is 30.7 Å². The fourth-order valence-electron chi connectivity index (χ4n) is 1.31. The van der Waals surface area contributed by atoms with Crippen LogP contribution in [0.1, 0.15) is 24.9 Å². The minimum atomic E-state index is -0.604. The van der Waals surface area contributed by atoms with Gasteiger partial charge in [-0.2, -0.15) is 0 Å². The summed E-state index contributed by atoms with van der Waals surface area (Å²) in [6, 6.07) is 3.37. The van der Waals surface area contributed by atoms with Gasteiger partial charge in [0.1, 0.15) is 5.82 Å². The Morgan fingerprint density at radius 3 is 2.81 bits per heavy atom. The first-order valence-corrected chi connectivity index (χ1v) is 5.28. The van der Waals surface area contributed by atoms with Crippen LogP contribution in [0.25, 0.3) is 0 Å². The maximum atomic E-state index is 13.0. The van der Waals surface area contributed by atoms with Gasteiger partial charge in [0.2, 0.25) is 0 Å². The van der Waals surface area contributed by atoms with Gasteiger partial charge in [0.15, 0.2) is 0 Å². The third-order valence-corrected chi connectivity index (χ3v) is 2.22. The Balaban J connectivity index is 2.72. The molecule has 0 fully saturated rings. The van der Waals surface area contributed by atoms with Crippen molar-refractivity contribution in [1.29, 1.82) is 0 Å². The van der Waals surface area contributed by atoms with Crippen LogP contribution in [0.5, 0.6) is 0 Å². The summed E-state index contributed by atoms with van der Waals surface area (Å²) in [5.74, 6) is -0.878. The highest BCUT2D eigenvalue weighted by molar-refractivity contribution is 6.30. The normalized spacial score (nSPS) is 12.2. The molecule has 0 amide bonds. The molecule has 88 valence electrons. The molecule has 0 aliphatic heterocycles. The van der Waals surface area contributed by atoms with Crippen LogP contribution in [0.2, 0.25) is 5.02 Å². The molecule has 0 saturated heterocycles. The SMILES string of the molecule is CCOC(=O)C[C@H](N)c1cc(F)cc(Cl)c1. The predicted molar refractivity (Wildman–Crippen MR) is 59.6 cm³/mol. The van der Waals surface area contributed by atoms with Crippen LogP contribution < -0.4 is 5.73 Å². The summed E-state index contributed by atoms with van der Waals surface area (Å²) in [5, 5.41) is 0.259. The topological polar surface area (TPSA) is 52.3 Å². The molecular formula is C11H13ClFNO2. The molecule has 0 bridgehead atoms. The second-order valence-corrected chi connectivity index (χ2v) is 3.75. The number of benzene rings is 1. The first-order valence-electron chi connectivity index (χ1n) is 4.90. The number of ether oxygens (including phenoxy) is 1. The van der Waals surface area contributed by atoms with Gasteiger partial charge < -0.3 is 10.5 Å². The smallest absolute Gasteiger partial charge is 0.307 e. The molecule has 16 heavy (non-hydrogen) atoms. The maximum absolute atomic E-state index is 13.0. The van der Waals surface area contributed by atoms with Crippen LogP contribution in [0.4, 0.5) is 4.39 Å². The van der Waals surface area contributed by atoms with Gasteiger partial charge in [-0.15, -0.1) is 0 Å². The molecule has 2 N–H and O–H groups in total. The number of carbonyl (C=O) groups is 1. The molecule has 1 rings (SSSR count). The maximum Gasteiger partial charge on any atom is 0.307 e. The van der Waals surface area contributed by atoms with E-state index in [1.165, 1.54) is 18.2 Å². The van der Waals surface area contributed by atoms with Gasteiger partial charge in [0.05, 0.1) is 13.0 Å².